The monoisotopic (exact) mass is 415 g/mol. The maximum absolute atomic E-state index is 11.6. The van der Waals surface area contributed by atoms with Crippen molar-refractivity contribution in [3.63, 3.8) is 0 Å². The van der Waals surface area contributed by atoms with Gasteiger partial charge >= 0.3 is 0 Å². The molecule has 1 aromatic heterocycles. The quantitative estimate of drug-likeness (QED) is 0.371. The van der Waals surface area contributed by atoms with Gasteiger partial charge in [0.05, 0.1) is 26.6 Å². The van der Waals surface area contributed by atoms with Crippen LogP contribution in [0, 0.1) is 20.2 Å². The SMILES string of the molecule is CCCNC(=O)CSc1nnc(Sc2ccc([N+](=O)[O-])cc2[N+](=O)[O-])s1. The molecule has 0 unspecified atom stereocenters. The lowest BCUT2D eigenvalue weighted by Crippen LogP contribution is -2.25. The van der Waals surface area contributed by atoms with Crippen molar-refractivity contribution in [3.05, 3.63) is 38.4 Å². The summed E-state index contributed by atoms with van der Waals surface area (Å²) < 4.78 is 1.00. The highest BCUT2D eigenvalue weighted by molar-refractivity contribution is 8.03. The molecule has 1 heterocycles. The van der Waals surface area contributed by atoms with E-state index in [4.69, 9.17) is 0 Å². The van der Waals surface area contributed by atoms with E-state index in [1.165, 1.54) is 35.2 Å². The number of aromatic nitrogens is 2. The lowest BCUT2D eigenvalue weighted by Gasteiger charge is -2.00. The van der Waals surface area contributed by atoms with Crippen molar-refractivity contribution in [3.8, 4) is 0 Å². The van der Waals surface area contributed by atoms with Gasteiger partial charge in [-0.05, 0) is 12.5 Å². The Bertz CT molecular complexity index is 828. The zero-order chi connectivity index (χ0) is 19.1. The molecule has 10 nitrogen and oxygen atoms in total. The minimum Gasteiger partial charge on any atom is -0.355 e. The molecule has 0 saturated heterocycles. The molecule has 2 aromatic rings. The van der Waals surface area contributed by atoms with Crippen LogP contribution in [-0.4, -0.2) is 38.2 Å². The molecular weight excluding hydrogens is 402 g/mol. The third kappa shape index (κ3) is 5.64. The topological polar surface area (TPSA) is 141 Å². The number of carbonyl (C=O) groups is 1. The molecule has 0 atom stereocenters. The largest absolute Gasteiger partial charge is 0.355 e. The van der Waals surface area contributed by atoms with E-state index in [-0.39, 0.29) is 27.9 Å². The Morgan fingerprint density at radius 2 is 1.96 bits per heavy atom. The fourth-order valence-electron chi connectivity index (χ4n) is 1.68. The van der Waals surface area contributed by atoms with Crippen molar-refractivity contribution in [2.45, 2.75) is 26.9 Å². The van der Waals surface area contributed by atoms with Crippen LogP contribution in [0.5, 0.6) is 0 Å². The Labute approximate surface area is 160 Å². The van der Waals surface area contributed by atoms with Crippen LogP contribution in [0.3, 0.4) is 0 Å². The summed E-state index contributed by atoms with van der Waals surface area (Å²) in [4.78, 5) is 32.3. The van der Waals surface area contributed by atoms with Gasteiger partial charge in [0, 0.05) is 12.6 Å². The van der Waals surface area contributed by atoms with E-state index in [9.17, 15) is 25.0 Å². The zero-order valence-electron chi connectivity index (χ0n) is 13.4. The highest BCUT2D eigenvalue weighted by Crippen LogP contribution is 2.39. The predicted molar refractivity (Wildman–Crippen MR) is 97.8 cm³/mol. The van der Waals surface area contributed by atoms with E-state index in [0.29, 0.717) is 15.2 Å². The molecule has 0 aliphatic heterocycles. The molecule has 26 heavy (non-hydrogen) atoms. The first-order chi connectivity index (χ1) is 12.4. The molecule has 0 bridgehead atoms. The van der Waals surface area contributed by atoms with Gasteiger partial charge in [-0.1, -0.05) is 41.8 Å². The molecule has 0 fully saturated rings. The molecule has 1 amide bonds. The van der Waals surface area contributed by atoms with Crippen molar-refractivity contribution in [1.82, 2.24) is 15.5 Å². The van der Waals surface area contributed by atoms with Crippen LogP contribution in [0.4, 0.5) is 11.4 Å². The second-order valence-corrected chi connectivity index (χ2v) is 8.23. The number of benzene rings is 1. The Morgan fingerprint density at radius 3 is 2.62 bits per heavy atom. The number of nitro benzene ring substituents is 2. The van der Waals surface area contributed by atoms with Crippen molar-refractivity contribution < 1.29 is 14.6 Å². The van der Waals surface area contributed by atoms with Crippen LogP contribution in [0.15, 0.2) is 31.8 Å². The summed E-state index contributed by atoms with van der Waals surface area (Å²) in [6.45, 7) is 2.57. The lowest BCUT2D eigenvalue weighted by atomic mass is 10.3. The molecule has 0 aliphatic rings. The van der Waals surface area contributed by atoms with Crippen molar-refractivity contribution >= 4 is 52.1 Å². The predicted octanol–water partition coefficient (Wildman–Crippen LogP) is 3.12. The second-order valence-electron chi connectivity index (χ2n) is 4.74. The maximum Gasteiger partial charge on any atom is 0.290 e. The maximum atomic E-state index is 11.6. The molecule has 1 aromatic carbocycles. The Kier molecular flexibility index (Phi) is 7.29. The van der Waals surface area contributed by atoms with E-state index < -0.39 is 9.85 Å². The van der Waals surface area contributed by atoms with Gasteiger partial charge in [-0.15, -0.1) is 10.2 Å². The summed E-state index contributed by atoms with van der Waals surface area (Å²) in [5, 5.41) is 32.5. The van der Waals surface area contributed by atoms with Gasteiger partial charge in [-0.25, -0.2) is 0 Å². The Hall–Kier alpha value is -2.25. The first-order valence-corrected chi connectivity index (χ1v) is 9.86. The number of nitrogens with one attached hydrogen (secondary N) is 1. The minimum absolute atomic E-state index is 0.104. The molecule has 13 heteroatoms. The van der Waals surface area contributed by atoms with E-state index >= 15 is 0 Å². The van der Waals surface area contributed by atoms with E-state index in [1.54, 1.807) is 0 Å². The number of thioether (sulfide) groups is 1. The normalized spacial score (nSPS) is 10.5. The summed E-state index contributed by atoms with van der Waals surface area (Å²) in [6.07, 6.45) is 0.851. The number of hydrogen-bond acceptors (Lipinski definition) is 10. The Morgan fingerprint density at radius 1 is 1.23 bits per heavy atom. The van der Waals surface area contributed by atoms with Crippen LogP contribution in [-0.2, 0) is 4.79 Å². The Balaban J connectivity index is 2.05. The van der Waals surface area contributed by atoms with E-state index in [2.05, 4.69) is 15.5 Å². The standard InChI is InChI=1S/C13H13N5O5S3/c1-2-5-14-11(19)7-24-12-15-16-13(26-12)25-10-4-3-8(17(20)21)6-9(10)18(22)23/h3-4,6H,2,5,7H2,1H3,(H,14,19). The van der Waals surface area contributed by atoms with Crippen molar-refractivity contribution in [2.75, 3.05) is 12.3 Å². The summed E-state index contributed by atoms with van der Waals surface area (Å²) in [5.41, 5.74) is -0.722. The summed E-state index contributed by atoms with van der Waals surface area (Å²) in [7, 11) is 0. The molecule has 0 saturated carbocycles. The van der Waals surface area contributed by atoms with Crippen LogP contribution < -0.4 is 5.32 Å². The number of nitro groups is 2. The summed E-state index contributed by atoms with van der Waals surface area (Å²) in [5.74, 6) is 0.101. The number of non-ortho nitro benzene ring substituents is 1. The number of carbonyl (C=O) groups excluding carboxylic acids is 1. The fraction of sp³-hybridized carbons (Fsp3) is 0.308. The third-order valence-corrected chi connectivity index (χ3v) is 6.01. The summed E-state index contributed by atoms with van der Waals surface area (Å²) in [6, 6.07) is 3.43. The van der Waals surface area contributed by atoms with Crippen LogP contribution >= 0.6 is 34.9 Å². The van der Waals surface area contributed by atoms with Gasteiger partial charge in [0.25, 0.3) is 11.4 Å². The van der Waals surface area contributed by atoms with Gasteiger partial charge < -0.3 is 5.32 Å². The number of hydrogen-bond donors (Lipinski definition) is 1. The van der Waals surface area contributed by atoms with Crippen LogP contribution in [0.25, 0.3) is 0 Å². The van der Waals surface area contributed by atoms with Crippen molar-refractivity contribution in [1.29, 1.82) is 0 Å². The zero-order valence-corrected chi connectivity index (χ0v) is 15.9. The smallest absolute Gasteiger partial charge is 0.290 e. The minimum atomic E-state index is -0.690. The van der Waals surface area contributed by atoms with E-state index in [1.807, 2.05) is 6.92 Å². The van der Waals surface area contributed by atoms with Gasteiger partial charge in [0.1, 0.15) is 0 Å². The average molecular weight is 415 g/mol. The van der Waals surface area contributed by atoms with Gasteiger partial charge in [0.2, 0.25) is 5.91 Å². The molecule has 0 radical (unpaired) electrons. The van der Waals surface area contributed by atoms with Gasteiger partial charge in [0.15, 0.2) is 8.68 Å². The first kappa shape index (κ1) is 20.1. The van der Waals surface area contributed by atoms with Gasteiger partial charge in [-0.2, -0.15) is 0 Å². The average Bonchev–Trinajstić information content (AvgIpc) is 3.05. The molecule has 138 valence electrons. The second kappa shape index (κ2) is 9.45. The van der Waals surface area contributed by atoms with Gasteiger partial charge in [-0.3, -0.25) is 25.0 Å². The highest BCUT2D eigenvalue weighted by atomic mass is 32.2. The molecular formula is C13H13N5O5S3. The van der Waals surface area contributed by atoms with E-state index in [0.717, 1.165) is 24.2 Å². The highest BCUT2D eigenvalue weighted by Gasteiger charge is 2.21. The molecule has 0 aliphatic carbocycles. The molecule has 1 N–H and O–H groups in total. The molecule has 0 spiro atoms. The van der Waals surface area contributed by atoms with Crippen LogP contribution in [0.2, 0.25) is 0 Å². The summed E-state index contributed by atoms with van der Waals surface area (Å²) >= 11 is 3.41. The first-order valence-electron chi connectivity index (χ1n) is 7.24. The molecule has 2 rings (SSSR count). The lowest BCUT2D eigenvalue weighted by molar-refractivity contribution is -0.396. The van der Waals surface area contributed by atoms with Crippen molar-refractivity contribution in [2.24, 2.45) is 0 Å². The third-order valence-electron chi connectivity index (χ3n) is 2.83. The number of rotatable bonds is 9. The van der Waals surface area contributed by atoms with Crippen LogP contribution in [0.1, 0.15) is 13.3 Å². The fourth-order valence-corrected chi connectivity index (χ4v) is 4.57. The number of nitrogens with zero attached hydrogens (tertiary/aromatic N) is 4. The number of amides is 1.